The van der Waals surface area contributed by atoms with Crippen LogP contribution in [0.2, 0.25) is 0 Å². The molecule has 0 aromatic heterocycles. The standard InChI is InChI=1S/C17H24N2O4/c1-6-9-23-13-8-7-12(10-14(13)22-5)16(21)18-11-15(20)19-17(2,3)4/h6-8,10H,1,9,11H2,2-5H3,(H,18,21)(H,19,20). The number of hydrogen-bond acceptors (Lipinski definition) is 4. The van der Waals surface area contributed by atoms with Crippen molar-refractivity contribution < 1.29 is 19.1 Å². The van der Waals surface area contributed by atoms with Gasteiger partial charge in [0.25, 0.3) is 5.91 Å². The molecule has 0 spiro atoms. The van der Waals surface area contributed by atoms with E-state index in [4.69, 9.17) is 9.47 Å². The van der Waals surface area contributed by atoms with Gasteiger partial charge in [-0.2, -0.15) is 0 Å². The largest absolute Gasteiger partial charge is 0.493 e. The molecule has 1 aromatic carbocycles. The molecule has 6 nitrogen and oxygen atoms in total. The first-order chi connectivity index (χ1) is 10.8. The number of carbonyl (C=O) groups is 2. The summed E-state index contributed by atoms with van der Waals surface area (Å²) >= 11 is 0. The molecule has 0 atom stereocenters. The molecule has 1 rings (SSSR count). The summed E-state index contributed by atoms with van der Waals surface area (Å²) in [6.45, 7) is 9.45. The van der Waals surface area contributed by atoms with Crippen molar-refractivity contribution in [2.75, 3.05) is 20.3 Å². The van der Waals surface area contributed by atoms with Gasteiger partial charge in [0.1, 0.15) is 6.61 Å². The second kappa shape index (κ2) is 8.22. The summed E-state index contributed by atoms with van der Waals surface area (Å²) in [6, 6.07) is 4.82. The molecule has 126 valence electrons. The molecular formula is C17H24N2O4. The Bertz CT molecular complexity index is 576. The van der Waals surface area contributed by atoms with Crippen molar-refractivity contribution in [2.45, 2.75) is 26.3 Å². The first-order valence-electron chi connectivity index (χ1n) is 7.28. The number of methoxy groups -OCH3 is 1. The Morgan fingerprint density at radius 2 is 1.96 bits per heavy atom. The van der Waals surface area contributed by atoms with E-state index in [1.807, 2.05) is 20.8 Å². The highest BCUT2D eigenvalue weighted by Gasteiger charge is 2.15. The summed E-state index contributed by atoms with van der Waals surface area (Å²) in [5, 5.41) is 5.34. The summed E-state index contributed by atoms with van der Waals surface area (Å²) in [5.41, 5.74) is 0.0474. The van der Waals surface area contributed by atoms with Crippen LogP contribution in [0.15, 0.2) is 30.9 Å². The Labute approximate surface area is 136 Å². The second-order valence-corrected chi connectivity index (χ2v) is 5.95. The normalized spacial score (nSPS) is 10.6. The molecule has 0 aliphatic carbocycles. The van der Waals surface area contributed by atoms with E-state index in [2.05, 4.69) is 17.2 Å². The molecule has 0 aliphatic rings. The SMILES string of the molecule is C=CCOc1ccc(C(=O)NCC(=O)NC(C)(C)C)cc1OC. The lowest BCUT2D eigenvalue weighted by Crippen LogP contribution is -2.45. The number of nitrogens with one attached hydrogen (secondary N) is 2. The van der Waals surface area contributed by atoms with Gasteiger partial charge in [0.2, 0.25) is 5.91 Å². The van der Waals surface area contributed by atoms with E-state index >= 15 is 0 Å². The third-order valence-electron chi connectivity index (χ3n) is 2.71. The molecule has 0 heterocycles. The lowest BCUT2D eigenvalue weighted by atomic mass is 10.1. The van der Waals surface area contributed by atoms with E-state index in [1.165, 1.54) is 7.11 Å². The molecular weight excluding hydrogens is 296 g/mol. The fraction of sp³-hybridized carbons (Fsp3) is 0.412. The topological polar surface area (TPSA) is 76.7 Å². The van der Waals surface area contributed by atoms with Crippen molar-refractivity contribution in [1.82, 2.24) is 10.6 Å². The van der Waals surface area contributed by atoms with E-state index in [1.54, 1.807) is 24.3 Å². The number of rotatable bonds is 7. The fourth-order valence-corrected chi connectivity index (χ4v) is 1.80. The van der Waals surface area contributed by atoms with Crippen molar-refractivity contribution in [3.05, 3.63) is 36.4 Å². The van der Waals surface area contributed by atoms with Crippen LogP contribution in [-0.4, -0.2) is 37.6 Å². The highest BCUT2D eigenvalue weighted by atomic mass is 16.5. The summed E-state index contributed by atoms with van der Waals surface area (Å²) in [7, 11) is 1.49. The second-order valence-electron chi connectivity index (χ2n) is 5.95. The van der Waals surface area contributed by atoms with Gasteiger partial charge in [0.05, 0.1) is 13.7 Å². The van der Waals surface area contributed by atoms with Crippen LogP contribution in [0.4, 0.5) is 0 Å². The summed E-state index contributed by atoms with van der Waals surface area (Å²) < 4.78 is 10.6. The summed E-state index contributed by atoms with van der Waals surface area (Å²) in [6.07, 6.45) is 1.62. The maximum Gasteiger partial charge on any atom is 0.251 e. The number of ether oxygens (including phenoxy) is 2. The smallest absolute Gasteiger partial charge is 0.251 e. The molecule has 6 heteroatoms. The van der Waals surface area contributed by atoms with Crippen LogP contribution in [0, 0.1) is 0 Å². The molecule has 0 saturated carbocycles. The molecule has 23 heavy (non-hydrogen) atoms. The fourth-order valence-electron chi connectivity index (χ4n) is 1.80. The van der Waals surface area contributed by atoms with Crippen LogP contribution in [0.1, 0.15) is 31.1 Å². The van der Waals surface area contributed by atoms with Gasteiger partial charge < -0.3 is 20.1 Å². The minimum absolute atomic E-state index is 0.0901. The zero-order valence-electron chi connectivity index (χ0n) is 14.1. The van der Waals surface area contributed by atoms with E-state index in [-0.39, 0.29) is 23.9 Å². The van der Waals surface area contributed by atoms with Crippen molar-refractivity contribution >= 4 is 11.8 Å². The number of benzene rings is 1. The first kappa shape index (κ1) is 18.5. The number of amides is 2. The molecule has 0 saturated heterocycles. The Hall–Kier alpha value is -2.50. The highest BCUT2D eigenvalue weighted by molar-refractivity contribution is 5.97. The molecule has 1 aromatic rings. The molecule has 0 aliphatic heterocycles. The van der Waals surface area contributed by atoms with Gasteiger partial charge >= 0.3 is 0 Å². The summed E-state index contributed by atoms with van der Waals surface area (Å²) in [5.74, 6) is 0.361. The lowest BCUT2D eigenvalue weighted by Gasteiger charge is -2.20. The molecule has 0 unspecified atom stereocenters. The first-order valence-corrected chi connectivity index (χ1v) is 7.28. The average Bonchev–Trinajstić information content (AvgIpc) is 2.48. The minimum Gasteiger partial charge on any atom is -0.493 e. The van der Waals surface area contributed by atoms with Crippen LogP contribution >= 0.6 is 0 Å². The van der Waals surface area contributed by atoms with Gasteiger partial charge in [0, 0.05) is 11.1 Å². The van der Waals surface area contributed by atoms with Crippen LogP contribution < -0.4 is 20.1 Å². The quantitative estimate of drug-likeness (QED) is 0.752. The van der Waals surface area contributed by atoms with Crippen molar-refractivity contribution in [1.29, 1.82) is 0 Å². The van der Waals surface area contributed by atoms with Gasteiger partial charge in [-0.15, -0.1) is 0 Å². The van der Waals surface area contributed by atoms with E-state index in [9.17, 15) is 9.59 Å². The van der Waals surface area contributed by atoms with Crippen molar-refractivity contribution in [3.8, 4) is 11.5 Å². The maximum atomic E-state index is 12.1. The summed E-state index contributed by atoms with van der Waals surface area (Å²) in [4.78, 5) is 23.8. The van der Waals surface area contributed by atoms with Gasteiger partial charge in [-0.3, -0.25) is 9.59 Å². The number of carbonyl (C=O) groups excluding carboxylic acids is 2. The predicted molar refractivity (Wildman–Crippen MR) is 88.9 cm³/mol. The zero-order valence-corrected chi connectivity index (χ0v) is 14.1. The monoisotopic (exact) mass is 320 g/mol. The molecule has 0 bridgehead atoms. The third-order valence-corrected chi connectivity index (χ3v) is 2.71. The zero-order chi connectivity index (χ0) is 17.5. The van der Waals surface area contributed by atoms with Gasteiger partial charge in [-0.25, -0.2) is 0 Å². The van der Waals surface area contributed by atoms with E-state index in [0.29, 0.717) is 23.7 Å². The highest BCUT2D eigenvalue weighted by Crippen LogP contribution is 2.28. The van der Waals surface area contributed by atoms with Gasteiger partial charge in [0.15, 0.2) is 11.5 Å². The Morgan fingerprint density at radius 3 is 2.52 bits per heavy atom. The van der Waals surface area contributed by atoms with Crippen LogP contribution in [0.25, 0.3) is 0 Å². The van der Waals surface area contributed by atoms with Crippen molar-refractivity contribution in [3.63, 3.8) is 0 Å². The Balaban J connectivity index is 2.69. The molecule has 0 fully saturated rings. The van der Waals surface area contributed by atoms with Crippen LogP contribution in [0.5, 0.6) is 11.5 Å². The molecule has 0 radical (unpaired) electrons. The third kappa shape index (κ3) is 6.42. The van der Waals surface area contributed by atoms with Gasteiger partial charge in [-0.05, 0) is 39.0 Å². The van der Waals surface area contributed by atoms with Crippen LogP contribution in [-0.2, 0) is 4.79 Å². The van der Waals surface area contributed by atoms with Crippen LogP contribution in [0.3, 0.4) is 0 Å². The predicted octanol–water partition coefficient (Wildman–Crippen LogP) is 1.90. The van der Waals surface area contributed by atoms with E-state index < -0.39 is 0 Å². The van der Waals surface area contributed by atoms with Gasteiger partial charge in [-0.1, -0.05) is 12.7 Å². The lowest BCUT2D eigenvalue weighted by molar-refractivity contribution is -0.121. The average molecular weight is 320 g/mol. The molecule has 2 N–H and O–H groups in total. The Morgan fingerprint density at radius 1 is 1.26 bits per heavy atom. The molecule has 2 amide bonds. The maximum absolute atomic E-state index is 12.1. The van der Waals surface area contributed by atoms with Crippen molar-refractivity contribution in [2.24, 2.45) is 0 Å². The Kier molecular flexibility index (Phi) is 6.63. The number of hydrogen-bond donors (Lipinski definition) is 2. The van der Waals surface area contributed by atoms with E-state index in [0.717, 1.165) is 0 Å². The minimum atomic E-state index is -0.359.